The molecule has 1 atom stereocenters. The minimum atomic E-state index is -4.64. The van der Waals surface area contributed by atoms with Crippen molar-refractivity contribution in [1.29, 1.82) is 0 Å². The molecular weight excluding hydrogens is 419 g/mol. The monoisotopic (exact) mass is 441 g/mol. The molecule has 30 heavy (non-hydrogen) atoms. The van der Waals surface area contributed by atoms with Crippen molar-refractivity contribution >= 4 is 23.3 Å². The van der Waals surface area contributed by atoms with Gasteiger partial charge in [0.05, 0.1) is 27.9 Å². The Balaban J connectivity index is 1.82. The molecule has 1 aliphatic heterocycles. The Hall–Kier alpha value is -2.68. The lowest BCUT2D eigenvalue weighted by atomic mass is 10.0. The molecule has 0 bridgehead atoms. The minimum absolute atomic E-state index is 0.196. The van der Waals surface area contributed by atoms with E-state index < -0.39 is 28.7 Å². The summed E-state index contributed by atoms with van der Waals surface area (Å²) < 4.78 is 41.2. The van der Waals surface area contributed by atoms with Crippen LogP contribution in [0.4, 0.5) is 19.0 Å². The lowest BCUT2D eigenvalue weighted by Crippen LogP contribution is -2.46. The van der Waals surface area contributed by atoms with Crippen LogP contribution < -0.4 is 11.1 Å². The molecule has 2 heterocycles. The minimum Gasteiger partial charge on any atom is -0.399 e. The maximum atomic E-state index is 13.1. The zero-order valence-corrected chi connectivity index (χ0v) is 17.6. The Kier molecular flexibility index (Phi) is 6.03. The number of nitrogens with one attached hydrogen (secondary N) is 1. The van der Waals surface area contributed by atoms with Crippen LogP contribution in [0.25, 0.3) is 0 Å². The number of rotatable bonds is 4. The smallest absolute Gasteiger partial charge is 0.399 e. The van der Waals surface area contributed by atoms with E-state index in [9.17, 15) is 18.0 Å². The van der Waals surface area contributed by atoms with Crippen molar-refractivity contribution in [2.45, 2.75) is 45.5 Å². The normalized spacial score (nSPS) is 17.6. The number of benzene rings is 1. The molecule has 1 unspecified atom stereocenters. The second-order valence-corrected chi connectivity index (χ2v) is 7.80. The number of hydrogen-bond acceptors (Lipinski definition) is 4. The maximum absolute atomic E-state index is 13.1. The SMILES string of the molecule is CC1C(N)=C(Nc2ccn(C(C)C)n2)CCN1C(=O)c1cccc(C(F)(F)F)c1Cl. The van der Waals surface area contributed by atoms with Crippen LogP contribution in [0.2, 0.25) is 5.02 Å². The van der Waals surface area contributed by atoms with Crippen LogP contribution in [0.1, 0.15) is 49.2 Å². The van der Waals surface area contributed by atoms with Gasteiger partial charge in [0.15, 0.2) is 5.82 Å². The number of carbonyl (C=O) groups excluding carboxylic acids is 1. The molecule has 1 aliphatic rings. The average molecular weight is 442 g/mol. The lowest BCUT2D eigenvalue weighted by molar-refractivity contribution is -0.137. The third-order valence-corrected chi connectivity index (χ3v) is 5.49. The van der Waals surface area contributed by atoms with E-state index in [0.717, 1.165) is 11.8 Å². The van der Waals surface area contributed by atoms with Gasteiger partial charge >= 0.3 is 6.18 Å². The van der Waals surface area contributed by atoms with Crippen molar-refractivity contribution in [3.05, 3.63) is 58.0 Å². The van der Waals surface area contributed by atoms with Gasteiger partial charge < -0.3 is 16.0 Å². The molecule has 1 aromatic carbocycles. The second-order valence-electron chi connectivity index (χ2n) is 7.42. The molecule has 0 aliphatic carbocycles. The first kappa shape index (κ1) is 22.0. The summed E-state index contributed by atoms with van der Waals surface area (Å²) in [5.41, 5.74) is 6.18. The molecule has 0 saturated carbocycles. The molecule has 3 N–H and O–H groups in total. The standard InChI is InChI=1S/C20H23ClF3N5O/c1-11(2)29-10-8-16(27-29)26-15-7-9-28(12(3)18(15)25)19(30)13-5-4-6-14(17(13)21)20(22,23)24/h4-6,8,10-12H,7,9,25H2,1-3H3,(H,26,27). The van der Waals surface area contributed by atoms with Crippen LogP contribution >= 0.6 is 11.6 Å². The van der Waals surface area contributed by atoms with E-state index >= 15 is 0 Å². The van der Waals surface area contributed by atoms with E-state index in [1.165, 1.54) is 17.0 Å². The highest BCUT2D eigenvalue weighted by molar-refractivity contribution is 6.34. The number of anilines is 1. The van der Waals surface area contributed by atoms with Gasteiger partial charge in [0.2, 0.25) is 0 Å². The van der Waals surface area contributed by atoms with Gasteiger partial charge in [-0.25, -0.2) is 0 Å². The van der Waals surface area contributed by atoms with Gasteiger partial charge in [-0.15, -0.1) is 0 Å². The summed E-state index contributed by atoms with van der Waals surface area (Å²) in [7, 11) is 0. The molecule has 1 aromatic heterocycles. The first-order chi connectivity index (χ1) is 14.0. The van der Waals surface area contributed by atoms with Gasteiger partial charge in [-0.2, -0.15) is 18.3 Å². The van der Waals surface area contributed by atoms with E-state index in [-0.39, 0.29) is 18.2 Å². The number of halogens is 4. The molecule has 2 aromatic rings. The molecule has 0 saturated heterocycles. The van der Waals surface area contributed by atoms with Crippen LogP contribution in [-0.4, -0.2) is 33.2 Å². The predicted molar refractivity (Wildman–Crippen MR) is 109 cm³/mol. The number of amides is 1. The van der Waals surface area contributed by atoms with Crippen molar-refractivity contribution in [3.8, 4) is 0 Å². The number of carbonyl (C=O) groups is 1. The van der Waals surface area contributed by atoms with Crippen molar-refractivity contribution in [2.75, 3.05) is 11.9 Å². The molecule has 3 rings (SSSR count). The second kappa shape index (κ2) is 8.22. The average Bonchev–Trinajstić information content (AvgIpc) is 3.13. The zero-order valence-electron chi connectivity index (χ0n) is 16.8. The molecule has 10 heteroatoms. The van der Waals surface area contributed by atoms with E-state index in [0.29, 0.717) is 17.9 Å². The van der Waals surface area contributed by atoms with E-state index in [1.807, 2.05) is 26.1 Å². The summed E-state index contributed by atoms with van der Waals surface area (Å²) in [5, 5.41) is 7.00. The van der Waals surface area contributed by atoms with Crippen LogP contribution in [0, 0.1) is 0 Å². The fourth-order valence-electron chi connectivity index (χ4n) is 3.32. The summed E-state index contributed by atoms with van der Waals surface area (Å²) in [6, 6.07) is 4.83. The Bertz CT molecular complexity index is 983. The van der Waals surface area contributed by atoms with Crippen molar-refractivity contribution in [2.24, 2.45) is 5.73 Å². The topological polar surface area (TPSA) is 76.2 Å². The lowest BCUT2D eigenvalue weighted by Gasteiger charge is -2.35. The van der Waals surface area contributed by atoms with Crippen molar-refractivity contribution < 1.29 is 18.0 Å². The molecular formula is C20H23ClF3N5O. The maximum Gasteiger partial charge on any atom is 0.417 e. The first-order valence-electron chi connectivity index (χ1n) is 9.48. The van der Waals surface area contributed by atoms with Crippen LogP contribution in [0.5, 0.6) is 0 Å². The van der Waals surface area contributed by atoms with Gasteiger partial charge in [0.25, 0.3) is 5.91 Å². The summed E-state index contributed by atoms with van der Waals surface area (Å²) in [6.45, 7) is 6.02. The fourth-order valence-corrected chi connectivity index (χ4v) is 3.63. The highest BCUT2D eigenvalue weighted by atomic mass is 35.5. The van der Waals surface area contributed by atoms with Gasteiger partial charge in [0, 0.05) is 37.0 Å². The summed E-state index contributed by atoms with van der Waals surface area (Å²) in [4.78, 5) is 14.4. The van der Waals surface area contributed by atoms with Gasteiger partial charge in [-0.1, -0.05) is 17.7 Å². The number of hydrogen-bond donors (Lipinski definition) is 2. The zero-order chi connectivity index (χ0) is 22.2. The molecule has 162 valence electrons. The van der Waals surface area contributed by atoms with Crippen LogP contribution in [0.15, 0.2) is 41.9 Å². The predicted octanol–water partition coefficient (Wildman–Crippen LogP) is 4.65. The van der Waals surface area contributed by atoms with E-state index in [2.05, 4.69) is 10.4 Å². The fraction of sp³-hybridized carbons (Fsp3) is 0.400. The number of nitrogens with zero attached hydrogens (tertiary/aromatic N) is 3. The van der Waals surface area contributed by atoms with E-state index in [1.54, 1.807) is 11.6 Å². The highest BCUT2D eigenvalue weighted by Crippen LogP contribution is 2.37. The van der Waals surface area contributed by atoms with Crippen LogP contribution in [-0.2, 0) is 6.18 Å². The number of alkyl halides is 3. The molecule has 1 amide bonds. The summed E-state index contributed by atoms with van der Waals surface area (Å²) >= 11 is 5.92. The number of nitrogens with two attached hydrogens (primary N) is 1. The molecule has 6 nitrogen and oxygen atoms in total. The highest BCUT2D eigenvalue weighted by Gasteiger charge is 2.36. The Labute approximate surface area is 177 Å². The molecule has 0 spiro atoms. The summed E-state index contributed by atoms with van der Waals surface area (Å²) in [6.07, 6.45) is -2.38. The quantitative estimate of drug-likeness (QED) is 0.724. The Morgan fingerprint density at radius 2 is 2.03 bits per heavy atom. The van der Waals surface area contributed by atoms with Gasteiger partial charge in [-0.05, 0) is 32.9 Å². The first-order valence-corrected chi connectivity index (χ1v) is 9.86. The summed E-state index contributed by atoms with van der Waals surface area (Å²) in [5.74, 6) is 0.0410. The van der Waals surface area contributed by atoms with Crippen molar-refractivity contribution in [1.82, 2.24) is 14.7 Å². The van der Waals surface area contributed by atoms with Crippen LogP contribution in [0.3, 0.4) is 0 Å². The van der Waals surface area contributed by atoms with Gasteiger partial charge in [-0.3, -0.25) is 9.48 Å². The van der Waals surface area contributed by atoms with Gasteiger partial charge in [0.1, 0.15) is 0 Å². The largest absolute Gasteiger partial charge is 0.417 e. The molecule has 0 radical (unpaired) electrons. The molecule has 0 fully saturated rings. The van der Waals surface area contributed by atoms with E-state index in [4.69, 9.17) is 17.3 Å². The Morgan fingerprint density at radius 1 is 1.33 bits per heavy atom. The Morgan fingerprint density at radius 3 is 2.63 bits per heavy atom. The third kappa shape index (κ3) is 4.26. The third-order valence-electron chi connectivity index (χ3n) is 5.08. The number of aromatic nitrogens is 2. The van der Waals surface area contributed by atoms with Crippen molar-refractivity contribution in [3.63, 3.8) is 0 Å².